The molecular formula is C18H21NO. The third-order valence-electron chi connectivity index (χ3n) is 3.97. The summed E-state index contributed by atoms with van der Waals surface area (Å²) in [6, 6.07) is 19.0. The van der Waals surface area contributed by atoms with E-state index in [-0.39, 0.29) is 12.6 Å². The summed E-state index contributed by atoms with van der Waals surface area (Å²) in [7, 11) is 0. The minimum absolute atomic E-state index is 0.000640. The van der Waals surface area contributed by atoms with Gasteiger partial charge < -0.3 is 10.4 Å². The molecule has 0 radical (unpaired) electrons. The minimum Gasteiger partial charge on any atom is -0.394 e. The molecule has 1 saturated carbocycles. The van der Waals surface area contributed by atoms with Crippen molar-refractivity contribution in [1.82, 2.24) is 5.32 Å². The fourth-order valence-electron chi connectivity index (χ4n) is 2.54. The Morgan fingerprint density at radius 2 is 1.70 bits per heavy atom. The predicted octanol–water partition coefficient (Wildman–Crippen LogP) is 3.39. The molecule has 0 aliphatic heterocycles. The summed E-state index contributed by atoms with van der Waals surface area (Å²) >= 11 is 0. The second-order valence-corrected chi connectivity index (χ2v) is 5.54. The SMILES string of the molecule is OCC(NCc1ccc(C2CC2)cc1)c1ccccc1. The number of hydrogen-bond acceptors (Lipinski definition) is 2. The Balaban J connectivity index is 1.59. The zero-order valence-electron chi connectivity index (χ0n) is 11.6. The fourth-order valence-corrected chi connectivity index (χ4v) is 2.54. The van der Waals surface area contributed by atoms with Crippen molar-refractivity contribution < 1.29 is 5.11 Å². The summed E-state index contributed by atoms with van der Waals surface area (Å²) in [6.45, 7) is 0.898. The van der Waals surface area contributed by atoms with Crippen LogP contribution in [0.3, 0.4) is 0 Å². The Hall–Kier alpha value is -1.64. The highest BCUT2D eigenvalue weighted by atomic mass is 16.3. The molecule has 2 aromatic carbocycles. The van der Waals surface area contributed by atoms with Crippen molar-refractivity contribution in [2.24, 2.45) is 0 Å². The first-order valence-electron chi connectivity index (χ1n) is 7.35. The maximum absolute atomic E-state index is 9.52. The molecule has 0 bridgehead atoms. The van der Waals surface area contributed by atoms with Gasteiger partial charge in [0, 0.05) is 6.54 Å². The van der Waals surface area contributed by atoms with E-state index in [0.717, 1.165) is 18.0 Å². The summed E-state index contributed by atoms with van der Waals surface area (Å²) < 4.78 is 0. The van der Waals surface area contributed by atoms with Crippen LogP contribution in [0.5, 0.6) is 0 Å². The van der Waals surface area contributed by atoms with Gasteiger partial charge >= 0.3 is 0 Å². The third kappa shape index (κ3) is 3.27. The van der Waals surface area contributed by atoms with Gasteiger partial charge in [-0.3, -0.25) is 0 Å². The third-order valence-corrected chi connectivity index (χ3v) is 3.97. The Labute approximate surface area is 120 Å². The van der Waals surface area contributed by atoms with Crippen LogP contribution in [0.2, 0.25) is 0 Å². The Kier molecular flexibility index (Phi) is 4.14. The van der Waals surface area contributed by atoms with Crippen LogP contribution in [0.25, 0.3) is 0 Å². The van der Waals surface area contributed by atoms with Crippen LogP contribution in [-0.4, -0.2) is 11.7 Å². The van der Waals surface area contributed by atoms with Crippen LogP contribution in [0, 0.1) is 0 Å². The molecule has 20 heavy (non-hydrogen) atoms. The molecule has 0 heterocycles. The maximum atomic E-state index is 9.52. The minimum atomic E-state index is -0.000640. The van der Waals surface area contributed by atoms with E-state index < -0.39 is 0 Å². The Morgan fingerprint density at radius 1 is 1.00 bits per heavy atom. The quantitative estimate of drug-likeness (QED) is 0.841. The molecule has 1 fully saturated rings. The van der Waals surface area contributed by atoms with Gasteiger partial charge in [0.1, 0.15) is 0 Å². The lowest BCUT2D eigenvalue weighted by Crippen LogP contribution is -2.23. The van der Waals surface area contributed by atoms with Gasteiger partial charge in [-0.05, 0) is 35.4 Å². The first-order valence-corrected chi connectivity index (χ1v) is 7.35. The van der Waals surface area contributed by atoms with E-state index in [4.69, 9.17) is 0 Å². The van der Waals surface area contributed by atoms with E-state index in [1.807, 2.05) is 30.3 Å². The lowest BCUT2D eigenvalue weighted by Gasteiger charge is -2.17. The largest absolute Gasteiger partial charge is 0.394 e. The lowest BCUT2D eigenvalue weighted by molar-refractivity contribution is 0.243. The summed E-state index contributed by atoms with van der Waals surface area (Å²) in [4.78, 5) is 0. The predicted molar refractivity (Wildman–Crippen MR) is 81.5 cm³/mol. The molecule has 0 aromatic heterocycles. The number of benzene rings is 2. The Bertz CT molecular complexity index is 531. The van der Waals surface area contributed by atoms with E-state index in [1.165, 1.54) is 24.0 Å². The molecule has 3 rings (SSSR count). The molecule has 2 N–H and O–H groups in total. The molecule has 2 aromatic rings. The van der Waals surface area contributed by atoms with E-state index in [2.05, 4.69) is 29.6 Å². The summed E-state index contributed by atoms with van der Waals surface area (Å²) in [5.41, 5.74) is 3.86. The second kappa shape index (κ2) is 6.21. The van der Waals surface area contributed by atoms with Crippen molar-refractivity contribution in [2.45, 2.75) is 31.3 Å². The van der Waals surface area contributed by atoms with E-state index in [0.29, 0.717) is 0 Å². The maximum Gasteiger partial charge on any atom is 0.0626 e. The molecule has 2 nitrogen and oxygen atoms in total. The molecule has 1 aliphatic carbocycles. The van der Waals surface area contributed by atoms with E-state index in [1.54, 1.807) is 0 Å². The highest BCUT2D eigenvalue weighted by Crippen LogP contribution is 2.39. The molecule has 0 spiro atoms. The Morgan fingerprint density at radius 3 is 2.30 bits per heavy atom. The van der Waals surface area contributed by atoms with Crippen molar-refractivity contribution in [2.75, 3.05) is 6.61 Å². The molecule has 0 amide bonds. The normalized spacial score (nSPS) is 16.1. The van der Waals surface area contributed by atoms with Crippen LogP contribution >= 0.6 is 0 Å². The molecule has 2 heteroatoms. The van der Waals surface area contributed by atoms with Gasteiger partial charge in [-0.2, -0.15) is 0 Å². The highest BCUT2D eigenvalue weighted by Gasteiger charge is 2.22. The molecule has 1 aliphatic rings. The molecule has 0 saturated heterocycles. The van der Waals surface area contributed by atoms with Crippen molar-refractivity contribution in [3.63, 3.8) is 0 Å². The van der Waals surface area contributed by atoms with Gasteiger partial charge in [-0.25, -0.2) is 0 Å². The monoisotopic (exact) mass is 267 g/mol. The topological polar surface area (TPSA) is 32.3 Å². The van der Waals surface area contributed by atoms with Crippen molar-refractivity contribution in [3.05, 3.63) is 71.3 Å². The zero-order valence-corrected chi connectivity index (χ0v) is 11.6. The average molecular weight is 267 g/mol. The van der Waals surface area contributed by atoms with Gasteiger partial charge in [-0.1, -0.05) is 54.6 Å². The number of aliphatic hydroxyl groups excluding tert-OH is 1. The van der Waals surface area contributed by atoms with Crippen molar-refractivity contribution in [3.8, 4) is 0 Å². The van der Waals surface area contributed by atoms with Crippen LogP contribution in [-0.2, 0) is 6.54 Å². The van der Waals surface area contributed by atoms with Crippen molar-refractivity contribution in [1.29, 1.82) is 0 Å². The highest BCUT2D eigenvalue weighted by molar-refractivity contribution is 5.28. The molecular weight excluding hydrogens is 246 g/mol. The average Bonchev–Trinajstić information content (AvgIpc) is 3.34. The summed E-state index contributed by atoms with van der Waals surface area (Å²) in [5, 5.41) is 12.9. The first-order chi connectivity index (χ1) is 9.86. The van der Waals surface area contributed by atoms with E-state index >= 15 is 0 Å². The second-order valence-electron chi connectivity index (χ2n) is 5.54. The molecule has 104 valence electrons. The summed E-state index contributed by atoms with van der Waals surface area (Å²) in [5.74, 6) is 0.812. The fraction of sp³-hybridized carbons (Fsp3) is 0.333. The smallest absolute Gasteiger partial charge is 0.0626 e. The van der Waals surface area contributed by atoms with Gasteiger partial charge in [0.2, 0.25) is 0 Å². The standard InChI is InChI=1S/C18H21NO/c20-13-18(17-4-2-1-3-5-17)19-12-14-6-8-15(9-7-14)16-10-11-16/h1-9,16,18-20H,10-13H2. The van der Waals surface area contributed by atoms with Gasteiger partial charge in [0.25, 0.3) is 0 Å². The van der Waals surface area contributed by atoms with Gasteiger partial charge in [0.05, 0.1) is 12.6 Å². The number of nitrogens with one attached hydrogen (secondary N) is 1. The molecule has 1 atom stereocenters. The van der Waals surface area contributed by atoms with E-state index in [9.17, 15) is 5.11 Å². The lowest BCUT2D eigenvalue weighted by atomic mass is 10.1. The van der Waals surface area contributed by atoms with Crippen LogP contribution < -0.4 is 5.32 Å². The summed E-state index contributed by atoms with van der Waals surface area (Å²) in [6.07, 6.45) is 2.69. The van der Waals surface area contributed by atoms with Gasteiger partial charge in [0.15, 0.2) is 0 Å². The van der Waals surface area contributed by atoms with Gasteiger partial charge in [-0.15, -0.1) is 0 Å². The number of aliphatic hydroxyl groups is 1. The first kappa shape index (κ1) is 13.3. The number of rotatable bonds is 6. The van der Waals surface area contributed by atoms with Crippen LogP contribution in [0.15, 0.2) is 54.6 Å². The molecule has 1 unspecified atom stereocenters. The van der Waals surface area contributed by atoms with Crippen LogP contribution in [0.4, 0.5) is 0 Å². The zero-order chi connectivity index (χ0) is 13.8. The van der Waals surface area contributed by atoms with Crippen molar-refractivity contribution >= 4 is 0 Å². The number of hydrogen-bond donors (Lipinski definition) is 2. The van der Waals surface area contributed by atoms with Crippen LogP contribution in [0.1, 0.15) is 41.5 Å².